The van der Waals surface area contributed by atoms with Crippen molar-refractivity contribution in [3.05, 3.63) is 58.9 Å². The number of benzene rings is 2. The predicted molar refractivity (Wildman–Crippen MR) is 117 cm³/mol. The van der Waals surface area contributed by atoms with Crippen molar-refractivity contribution in [1.82, 2.24) is 4.90 Å². The van der Waals surface area contributed by atoms with Crippen LogP contribution in [-0.2, 0) is 0 Å². The molecule has 2 aromatic rings. The highest BCUT2D eigenvalue weighted by Crippen LogP contribution is 2.51. The van der Waals surface area contributed by atoms with Crippen LogP contribution in [0.2, 0.25) is 0 Å². The molecule has 0 aliphatic carbocycles. The van der Waals surface area contributed by atoms with Crippen LogP contribution < -0.4 is 4.90 Å². The molecular weight excluding hydrogens is 383 g/mol. The molecule has 0 aromatic heterocycles. The topological polar surface area (TPSA) is 23.6 Å². The number of piperidine rings is 1. The fraction of sp³-hybridized carbons (Fsp3) is 0.458. The van der Waals surface area contributed by atoms with E-state index in [2.05, 4.69) is 28.9 Å². The number of nitrogens with zero attached hydrogens (tertiary/aromatic N) is 2. The Kier molecular flexibility index (Phi) is 5.12. The van der Waals surface area contributed by atoms with Gasteiger partial charge in [-0.1, -0.05) is 6.07 Å². The normalized spacial score (nSPS) is 23.0. The van der Waals surface area contributed by atoms with Gasteiger partial charge in [-0.15, -0.1) is 11.8 Å². The summed E-state index contributed by atoms with van der Waals surface area (Å²) in [5, 5.41) is 0. The molecule has 0 N–H and O–H groups in total. The molecule has 2 aromatic carbocycles. The van der Waals surface area contributed by atoms with Crippen LogP contribution in [0.5, 0.6) is 0 Å². The van der Waals surface area contributed by atoms with E-state index >= 15 is 0 Å². The summed E-state index contributed by atoms with van der Waals surface area (Å²) < 4.78 is 13.0. The van der Waals surface area contributed by atoms with Gasteiger partial charge in [0.05, 0.1) is 5.69 Å². The van der Waals surface area contributed by atoms with E-state index in [1.165, 1.54) is 47.0 Å². The Balaban J connectivity index is 1.23. The average Bonchev–Trinajstić information content (AvgIpc) is 3.03. The summed E-state index contributed by atoms with van der Waals surface area (Å²) >= 11 is 2.01. The highest BCUT2D eigenvalue weighted by molar-refractivity contribution is 7.99. The quantitative estimate of drug-likeness (QED) is 0.656. The molecular formula is C24H27FN2OS. The minimum atomic E-state index is -0.295. The van der Waals surface area contributed by atoms with Crippen LogP contribution in [0.25, 0.3) is 0 Å². The van der Waals surface area contributed by atoms with Gasteiger partial charge in [-0.25, -0.2) is 4.39 Å². The molecule has 1 saturated heterocycles. The molecule has 3 nitrogen and oxygen atoms in total. The molecule has 29 heavy (non-hydrogen) atoms. The van der Waals surface area contributed by atoms with Crippen molar-refractivity contribution < 1.29 is 9.18 Å². The molecule has 0 bridgehead atoms. The first-order valence-corrected chi connectivity index (χ1v) is 11.6. The molecule has 5 heteroatoms. The maximum absolute atomic E-state index is 13.0. The lowest BCUT2D eigenvalue weighted by Gasteiger charge is -2.40. The second-order valence-corrected chi connectivity index (χ2v) is 9.68. The van der Waals surface area contributed by atoms with Crippen LogP contribution in [0.3, 0.4) is 0 Å². The number of carbonyl (C=O) groups is 1. The van der Waals surface area contributed by atoms with Gasteiger partial charge in [0.25, 0.3) is 0 Å². The maximum atomic E-state index is 13.0. The smallest absolute Gasteiger partial charge is 0.162 e. The molecule has 0 radical (unpaired) electrons. The van der Waals surface area contributed by atoms with Crippen LogP contribution in [0.1, 0.15) is 46.7 Å². The molecule has 0 spiro atoms. The number of carbonyl (C=O) groups excluding carboxylic acids is 1. The fourth-order valence-corrected chi connectivity index (χ4v) is 6.45. The summed E-state index contributed by atoms with van der Waals surface area (Å²) in [6.07, 6.45) is 2.59. The molecule has 3 heterocycles. The van der Waals surface area contributed by atoms with E-state index in [9.17, 15) is 9.18 Å². The summed E-state index contributed by atoms with van der Waals surface area (Å²) in [5.74, 6) is 1.59. The lowest BCUT2D eigenvalue weighted by Crippen LogP contribution is -2.47. The summed E-state index contributed by atoms with van der Waals surface area (Å²) in [4.78, 5) is 19.0. The van der Waals surface area contributed by atoms with Crippen molar-refractivity contribution in [1.29, 1.82) is 0 Å². The van der Waals surface area contributed by atoms with E-state index in [1.807, 2.05) is 11.8 Å². The zero-order chi connectivity index (χ0) is 20.0. The van der Waals surface area contributed by atoms with Crippen molar-refractivity contribution in [2.75, 3.05) is 36.8 Å². The SMILES string of the molecule is Cc1cc2c3c(c1)[C@H]1CN(CCCC(=O)c4ccc(F)cc4)CC[C@H]1N3CCS2. The van der Waals surface area contributed by atoms with E-state index in [-0.39, 0.29) is 11.6 Å². The third-order valence-corrected chi connectivity index (χ3v) is 7.64. The minimum absolute atomic E-state index is 0.112. The Bertz CT molecular complexity index is 929. The second kappa shape index (κ2) is 7.77. The van der Waals surface area contributed by atoms with Crippen molar-refractivity contribution in [3.63, 3.8) is 0 Å². The molecule has 5 rings (SSSR count). The maximum Gasteiger partial charge on any atom is 0.162 e. The number of aryl methyl sites for hydroxylation is 1. The zero-order valence-electron chi connectivity index (χ0n) is 16.9. The Labute approximate surface area is 176 Å². The van der Waals surface area contributed by atoms with E-state index in [4.69, 9.17) is 0 Å². The van der Waals surface area contributed by atoms with Crippen LogP contribution in [0.4, 0.5) is 10.1 Å². The van der Waals surface area contributed by atoms with Crippen LogP contribution in [0, 0.1) is 12.7 Å². The molecule has 152 valence electrons. The number of anilines is 1. The molecule has 0 amide bonds. The Morgan fingerprint density at radius 1 is 1.21 bits per heavy atom. The highest BCUT2D eigenvalue weighted by Gasteiger charge is 2.43. The number of likely N-dealkylation sites (tertiary alicyclic amines) is 1. The molecule has 0 unspecified atom stereocenters. The number of Topliss-reactive ketones (excluding diaryl/α,β-unsaturated/α-hetero) is 1. The van der Waals surface area contributed by atoms with Gasteiger partial charge >= 0.3 is 0 Å². The van der Waals surface area contributed by atoms with Gasteiger partial charge in [-0.2, -0.15) is 0 Å². The van der Waals surface area contributed by atoms with Crippen LogP contribution in [0.15, 0.2) is 41.3 Å². The first-order valence-electron chi connectivity index (χ1n) is 10.7. The van der Waals surface area contributed by atoms with Gasteiger partial charge < -0.3 is 9.80 Å². The number of hydrogen-bond acceptors (Lipinski definition) is 4. The Hall–Kier alpha value is -1.85. The summed E-state index contributed by atoms with van der Waals surface area (Å²) in [5.41, 5.74) is 5.04. The number of ketones is 1. The molecule has 0 saturated carbocycles. The molecule has 1 fully saturated rings. The standard InChI is InChI=1S/C24H27FN2OS/c1-16-13-19-20-15-26(9-2-3-22(28)17-4-6-18(25)7-5-17)10-8-21(20)27-11-12-29-23(14-16)24(19)27/h4-7,13-14,20-21H,2-3,8-12,15H2,1H3/t20-,21-/m1/s1. The largest absolute Gasteiger partial charge is 0.366 e. The third kappa shape index (κ3) is 3.59. The van der Waals surface area contributed by atoms with E-state index in [0.717, 1.165) is 26.1 Å². The summed E-state index contributed by atoms with van der Waals surface area (Å²) in [6.45, 7) is 6.54. The number of thioether (sulfide) groups is 1. The average molecular weight is 411 g/mol. The van der Waals surface area contributed by atoms with E-state index in [0.29, 0.717) is 23.9 Å². The van der Waals surface area contributed by atoms with Crippen LogP contribution in [-0.4, -0.2) is 48.7 Å². The first-order chi connectivity index (χ1) is 14.1. The first kappa shape index (κ1) is 19.1. The fourth-order valence-electron chi connectivity index (χ4n) is 5.30. The van der Waals surface area contributed by atoms with E-state index in [1.54, 1.807) is 17.7 Å². The zero-order valence-corrected chi connectivity index (χ0v) is 17.7. The van der Waals surface area contributed by atoms with Gasteiger partial charge in [0, 0.05) is 54.2 Å². The third-order valence-electron chi connectivity index (χ3n) is 6.63. The lowest BCUT2D eigenvalue weighted by atomic mass is 9.88. The van der Waals surface area contributed by atoms with Gasteiger partial charge in [0.15, 0.2) is 5.78 Å². The molecule has 3 aliphatic rings. The summed E-state index contributed by atoms with van der Waals surface area (Å²) in [6, 6.07) is 11.3. The number of fused-ring (bicyclic) bond motifs is 3. The van der Waals surface area contributed by atoms with Gasteiger partial charge in [0.2, 0.25) is 0 Å². The van der Waals surface area contributed by atoms with Crippen molar-refractivity contribution >= 4 is 23.2 Å². The van der Waals surface area contributed by atoms with E-state index < -0.39 is 0 Å². The molecule has 2 atom stereocenters. The van der Waals surface area contributed by atoms with Crippen LogP contribution >= 0.6 is 11.8 Å². The van der Waals surface area contributed by atoms with Gasteiger partial charge in [-0.05, 0) is 67.8 Å². The van der Waals surface area contributed by atoms with Crippen molar-refractivity contribution in [2.24, 2.45) is 0 Å². The lowest BCUT2D eigenvalue weighted by molar-refractivity contribution is 0.0971. The Morgan fingerprint density at radius 2 is 2.03 bits per heavy atom. The van der Waals surface area contributed by atoms with Crippen molar-refractivity contribution in [3.8, 4) is 0 Å². The number of halogens is 1. The second-order valence-electron chi connectivity index (χ2n) is 8.54. The minimum Gasteiger partial charge on any atom is -0.366 e. The van der Waals surface area contributed by atoms with Gasteiger partial charge in [-0.3, -0.25) is 4.79 Å². The predicted octanol–water partition coefficient (Wildman–Crippen LogP) is 4.88. The highest BCUT2D eigenvalue weighted by atomic mass is 32.2. The Morgan fingerprint density at radius 3 is 2.86 bits per heavy atom. The molecule has 3 aliphatic heterocycles. The number of rotatable bonds is 5. The summed E-state index contributed by atoms with van der Waals surface area (Å²) in [7, 11) is 0. The van der Waals surface area contributed by atoms with Crippen molar-refractivity contribution in [2.45, 2.75) is 43.0 Å². The number of hydrogen-bond donors (Lipinski definition) is 0. The monoisotopic (exact) mass is 410 g/mol. The van der Waals surface area contributed by atoms with Gasteiger partial charge in [0.1, 0.15) is 5.82 Å².